The average molecular weight is 119 g/mol. The first-order chi connectivity index (χ1) is 3.63. The number of allylic oxidation sites excluding steroid dienone is 1. The highest BCUT2D eigenvalue weighted by Gasteiger charge is 2.37. The van der Waals surface area contributed by atoms with Gasteiger partial charge in [0.15, 0.2) is 0 Å². The van der Waals surface area contributed by atoms with Crippen LogP contribution in [0, 0.1) is 0 Å². The Hall–Kier alpha value is -0.440. The summed E-state index contributed by atoms with van der Waals surface area (Å²) >= 11 is 0. The smallest absolute Gasteiger partial charge is 0.269 e. The fraction of sp³-hybridized carbons (Fsp3) is 0.600. The number of rotatable bonds is 0. The topological polar surface area (TPSA) is 26.0 Å². The summed E-state index contributed by atoms with van der Waals surface area (Å²) in [4.78, 5) is 0. The molecule has 0 aromatic rings. The predicted octanol–water partition coefficient (Wildman–Crippen LogP) is 0.909. The van der Waals surface area contributed by atoms with Crippen LogP contribution in [0.1, 0.15) is 6.42 Å². The lowest BCUT2D eigenvalue weighted by atomic mass is 10.2. The molecule has 1 aliphatic rings. The van der Waals surface area contributed by atoms with Gasteiger partial charge in [-0.05, 0) is 0 Å². The van der Waals surface area contributed by atoms with Gasteiger partial charge in [-0.3, -0.25) is 0 Å². The predicted molar refractivity (Wildman–Crippen MR) is 26.7 cm³/mol. The summed E-state index contributed by atoms with van der Waals surface area (Å²) in [5, 5.41) is 0. The van der Waals surface area contributed by atoms with Crippen LogP contribution in [-0.2, 0) is 0 Å². The molecular formula is C5H7F2N. The van der Waals surface area contributed by atoms with Crippen molar-refractivity contribution in [1.82, 2.24) is 0 Å². The van der Waals surface area contributed by atoms with Gasteiger partial charge in [-0.15, -0.1) is 0 Å². The van der Waals surface area contributed by atoms with E-state index < -0.39 is 12.0 Å². The monoisotopic (exact) mass is 119 g/mol. The SMILES string of the molecule is N[C@H]1C=CCC1(F)F. The molecule has 0 saturated carbocycles. The molecule has 0 aromatic heterocycles. The maximum Gasteiger partial charge on any atom is 0.269 e. The number of nitrogens with two attached hydrogens (primary N) is 1. The molecule has 0 unspecified atom stereocenters. The van der Waals surface area contributed by atoms with Gasteiger partial charge < -0.3 is 5.73 Å². The summed E-state index contributed by atoms with van der Waals surface area (Å²) in [6.07, 6.45) is 2.54. The maximum atomic E-state index is 12.2. The third-order valence-corrected chi connectivity index (χ3v) is 1.22. The maximum absolute atomic E-state index is 12.2. The molecule has 2 N–H and O–H groups in total. The van der Waals surface area contributed by atoms with Crippen LogP contribution in [0.2, 0.25) is 0 Å². The third kappa shape index (κ3) is 0.733. The Bertz CT molecular complexity index is 120. The Morgan fingerprint density at radius 2 is 2.25 bits per heavy atom. The zero-order valence-electron chi connectivity index (χ0n) is 4.27. The van der Waals surface area contributed by atoms with E-state index in [9.17, 15) is 8.78 Å². The first-order valence-corrected chi connectivity index (χ1v) is 2.43. The van der Waals surface area contributed by atoms with Crippen molar-refractivity contribution in [3.8, 4) is 0 Å². The Morgan fingerprint density at radius 1 is 1.62 bits per heavy atom. The molecule has 0 spiro atoms. The van der Waals surface area contributed by atoms with Crippen molar-refractivity contribution in [3.05, 3.63) is 12.2 Å². The normalized spacial score (nSPS) is 33.6. The third-order valence-electron chi connectivity index (χ3n) is 1.22. The second-order valence-corrected chi connectivity index (χ2v) is 1.92. The van der Waals surface area contributed by atoms with Crippen molar-refractivity contribution >= 4 is 0 Å². The molecule has 0 aromatic carbocycles. The van der Waals surface area contributed by atoms with Crippen molar-refractivity contribution in [3.63, 3.8) is 0 Å². The van der Waals surface area contributed by atoms with E-state index in [1.807, 2.05) is 0 Å². The molecular weight excluding hydrogens is 112 g/mol. The number of hydrogen-bond donors (Lipinski definition) is 1. The van der Waals surface area contributed by atoms with Crippen LogP contribution in [0.4, 0.5) is 8.78 Å². The summed E-state index contributed by atoms with van der Waals surface area (Å²) in [6.45, 7) is 0. The van der Waals surface area contributed by atoms with Gasteiger partial charge in [0.2, 0.25) is 0 Å². The van der Waals surface area contributed by atoms with Crippen LogP contribution in [-0.4, -0.2) is 12.0 Å². The van der Waals surface area contributed by atoms with Crippen LogP contribution in [0.15, 0.2) is 12.2 Å². The molecule has 1 atom stereocenters. The van der Waals surface area contributed by atoms with Crippen molar-refractivity contribution in [2.75, 3.05) is 0 Å². The van der Waals surface area contributed by atoms with E-state index in [1.54, 1.807) is 0 Å². The van der Waals surface area contributed by atoms with E-state index in [2.05, 4.69) is 0 Å². The van der Waals surface area contributed by atoms with Gasteiger partial charge in [0.05, 0.1) is 6.04 Å². The lowest BCUT2D eigenvalue weighted by Gasteiger charge is -2.12. The zero-order valence-corrected chi connectivity index (χ0v) is 4.27. The molecule has 0 heterocycles. The first-order valence-electron chi connectivity index (χ1n) is 2.43. The molecule has 0 bridgehead atoms. The van der Waals surface area contributed by atoms with Crippen LogP contribution < -0.4 is 5.73 Å². The summed E-state index contributed by atoms with van der Waals surface area (Å²) in [5.41, 5.74) is 4.98. The van der Waals surface area contributed by atoms with Gasteiger partial charge in [-0.25, -0.2) is 8.78 Å². The highest BCUT2D eigenvalue weighted by Crippen LogP contribution is 2.27. The molecule has 3 heteroatoms. The minimum Gasteiger partial charge on any atom is -0.319 e. The van der Waals surface area contributed by atoms with Gasteiger partial charge in [-0.2, -0.15) is 0 Å². The summed E-state index contributed by atoms with van der Waals surface area (Å²) < 4.78 is 24.3. The molecule has 1 aliphatic carbocycles. The van der Waals surface area contributed by atoms with E-state index in [4.69, 9.17) is 5.73 Å². The Morgan fingerprint density at radius 3 is 2.38 bits per heavy atom. The molecule has 0 aliphatic heterocycles. The Balaban J connectivity index is 2.64. The highest BCUT2D eigenvalue weighted by molar-refractivity contribution is 5.09. The van der Waals surface area contributed by atoms with Crippen molar-refractivity contribution in [1.29, 1.82) is 0 Å². The summed E-state index contributed by atoms with van der Waals surface area (Å²) in [5.74, 6) is -2.68. The molecule has 1 nitrogen and oxygen atoms in total. The molecule has 0 radical (unpaired) electrons. The Labute approximate surface area is 46.2 Å². The minimum absolute atomic E-state index is 0.200. The van der Waals surface area contributed by atoms with E-state index in [0.29, 0.717) is 0 Å². The molecule has 0 fully saturated rings. The van der Waals surface area contributed by atoms with Crippen LogP contribution in [0.3, 0.4) is 0 Å². The second kappa shape index (κ2) is 1.52. The molecule has 46 valence electrons. The van der Waals surface area contributed by atoms with E-state index in [1.165, 1.54) is 12.2 Å². The van der Waals surface area contributed by atoms with Crippen LogP contribution in [0.5, 0.6) is 0 Å². The van der Waals surface area contributed by atoms with E-state index in [-0.39, 0.29) is 6.42 Å². The van der Waals surface area contributed by atoms with Crippen molar-refractivity contribution in [2.24, 2.45) is 5.73 Å². The number of halogens is 2. The fourth-order valence-corrected chi connectivity index (χ4v) is 0.649. The molecule has 1 rings (SSSR count). The highest BCUT2D eigenvalue weighted by atomic mass is 19.3. The largest absolute Gasteiger partial charge is 0.319 e. The molecule has 0 saturated heterocycles. The lowest BCUT2D eigenvalue weighted by molar-refractivity contribution is 0.000504. The van der Waals surface area contributed by atoms with Crippen LogP contribution >= 0.6 is 0 Å². The molecule has 8 heavy (non-hydrogen) atoms. The standard InChI is InChI=1S/C5H7F2N/c6-5(7)3-1-2-4(5)8/h1-2,4H,3,8H2/t4-/m0/s1. The number of alkyl halides is 2. The van der Waals surface area contributed by atoms with Crippen LogP contribution in [0.25, 0.3) is 0 Å². The first kappa shape index (κ1) is 5.69. The van der Waals surface area contributed by atoms with Crippen molar-refractivity contribution in [2.45, 2.75) is 18.4 Å². The van der Waals surface area contributed by atoms with Gasteiger partial charge in [-0.1, -0.05) is 12.2 Å². The quantitative estimate of drug-likeness (QED) is 0.471. The minimum atomic E-state index is -2.68. The summed E-state index contributed by atoms with van der Waals surface area (Å²) in [6, 6.07) is -1.05. The zero-order chi connectivity index (χ0) is 6.20. The lowest BCUT2D eigenvalue weighted by Crippen LogP contribution is -2.35. The van der Waals surface area contributed by atoms with E-state index in [0.717, 1.165) is 0 Å². The Kier molecular flexibility index (Phi) is 1.08. The van der Waals surface area contributed by atoms with Gasteiger partial charge in [0, 0.05) is 6.42 Å². The van der Waals surface area contributed by atoms with E-state index >= 15 is 0 Å². The summed E-state index contributed by atoms with van der Waals surface area (Å²) in [7, 11) is 0. The fourth-order valence-electron chi connectivity index (χ4n) is 0.649. The van der Waals surface area contributed by atoms with Gasteiger partial charge in [0.25, 0.3) is 5.92 Å². The van der Waals surface area contributed by atoms with Gasteiger partial charge >= 0.3 is 0 Å². The number of hydrogen-bond acceptors (Lipinski definition) is 1. The molecule has 0 amide bonds. The second-order valence-electron chi connectivity index (χ2n) is 1.92. The van der Waals surface area contributed by atoms with Gasteiger partial charge in [0.1, 0.15) is 0 Å². The average Bonchev–Trinajstić information content (AvgIpc) is 1.86. The van der Waals surface area contributed by atoms with Crippen molar-refractivity contribution < 1.29 is 8.78 Å².